The van der Waals surface area contributed by atoms with Crippen LogP contribution in [0.15, 0.2) is 54.6 Å². The molecule has 2 aromatic rings. The van der Waals surface area contributed by atoms with E-state index in [4.69, 9.17) is 9.47 Å². The molecule has 2 aromatic carbocycles. The van der Waals surface area contributed by atoms with E-state index in [1.165, 1.54) is 0 Å². The largest absolute Gasteiger partial charge is 0.481 e. The lowest BCUT2D eigenvalue weighted by Gasteiger charge is -2.38. The lowest BCUT2D eigenvalue weighted by atomic mass is 9.97. The minimum absolute atomic E-state index is 0.141. The molecule has 5 nitrogen and oxygen atoms in total. The Labute approximate surface area is 166 Å². The summed E-state index contributed by atoms with van der Waals surface area (Å²) in [6, 6.07) is 17.7. The molecule has 1 fully saturated rings. The first-order valence-electron chi connectivity index (χ1n) is 9.80. The van der Waals surface area contributed by atoms with Crippen molar-refractivity contribution in [1.82, 2.24) is 4.90 Å². The molecule has 28 heavy (non-hydrogen) atoms. The molecule has 0 saturated carbocycles. The van der Waals surface area contributed by atoms with Crippen molar-refractivity contribution in [3.8, 4) is 16.9 Å². The zero-order chi connectivity index (χ0) is 19.9. The maximum Gasteiger partial charge on any atom is 0.344 e. The molecule has 1 saturated heterocycles. The van der Waals surface area contributed by atoms with Crippen molar-refractivity contribution in [3.63, 3.8) is 0 Å². The molecule has 148 valence electrons. The van der Waals surface area contributed by atoms with E-state index in [-0.39, 0.29) is 31.2 Å². The van der Waals surface area contributed by atoms with E-state index in [0.29, 0.717) is 5.75 Å². The summed E-state index contributed by atoms with van der Waals surface area (Å²) in [7, 11) is 0. The Morgan fingerprint density at radius 1 is 0.929 bits per heavy atom. The van der Waals surface area contributed by atoms with Crippen molar-refractivity contribution in [2.75, 3.05) is 13.2 Å². The van der Waals surface area contributed by atoms with Crippen LogP contribution in [0.4, 0.5) is 0 Å². The molecule has 2 unspecified atom stereocenters. The van der Waals surface area contributed by atoms with Gasteiger partial charge in [0.25, 0.3) is 5.91 Å². The van der Waals surface area contributed by atoms with E-state index < -0.39 is 5.97 Å². The van der Waals surface area contributed by atoms with Gasteiger partial charge >= 0.3 is 5.97 Å². The highest BCUT2D eigenvalue weighted by Crippen LogP contribution is 2.29. The number of hydrogen-bond acceptors (Lipinski definition) is 4. The molecule has 5 heteroatoms. The average molecular weight is 381 g/mol. The summed E-state index contributed by atoms with van der Waals surface area (Å²) in [5.74, 6) is -0.0819. The van der Waals surface area contributed by atoms with Crippen molar-refractivity contribution < 1.29 is 19.1 Å². The van der Waals surface area contributed by atoms with Crippen molar-refractivity contribution in [1.29, 1.82) is 0 Å². The van der Waals surface area contributed by atoms with Gasteiger partial charge in [-0.1, -0.05) is 48.5 Å². The monoisotopic (exact) mass is 381 g/mol. The van der Waals surface area contributed by atoms with Gasteiger partial charge in [0.1, 0.15) is 5.75 Å². The van der Waals surface area contributed by atoms with Crippen LogP contribution in [0.5, 0.6) is 5.75 Å². The summed E-state index contributed by atoms with van der Waals surface area (Å²) in [6.07, 6.45) is 3.10. The van der Waals surface area contributed by atoms with Crippen molar-refractivity contribution >= 4 is 11.9 Å². The van der Waals surface area contributed by atoms with Gasteiger partial charge in [-0.2, -0.15) is 0 Å². The molecule has 0 spiro atoms. The van der Waals surface area contributed by atoms with Crippen LogP contribution < -0.4 is 4.74 Å². The predicted molar refractivity (Wildman–Crippen MR) is 108 cm³/mol. The molecule has 0 radical (unpaired) electrons. The third-order valence-electron chi connectivity index (χ3n) is 5.16. The van der Waals surface area contributed by atoms with Crippen molar-refractivity contribution in [3.05, 3.63) is 54.6 Å². The zero-order valence-corrected chi connectivity index (χ0v) is 16.5. The minimum atomic E-state index is -0.548. The number of amides is 1. The molecule has 3 rings (SSSR count). The number of nitrogens with zero attached hydrogens (tertiary/aromatic N) is 1. The summed E-state index contributed by atoms with van der Waals surface area (Å²) in [4.78, 5) is 26.4. The predicted octanol–water partition coefficient (Wildman–Crippen LogP) is 4.07. The molecule has 0 aromatic heterocycles. The lowest BCUT2D eigenvalue weighted by Crippen LogP contribution is -2.49. The van der Waals surface area contributed by atoms with Gasteiger partial charge in [0.05, 0.1) is 0 Å². The number of carbonyl (C=O) groups is 2. The Morgan fingerprint density at radius 3 is 2.29 bits per heavy atom. The highest BCUT2D eigenvalue weighted by molar-refractivity contribution is 5.81. The highest BCUT2D eigenvalue weighted by Gasteiger charge is 2.29. The van der Waals surface area contributed by atoms with Gasteiger partial charge in [0, 0.05) is 17.6 Å². The molecular weight excluding hydrogens is 354 g/mol. The molecule has 0 N–H and O–H groups in total. The zero-order valence-electron chi connectivity index (χ0n) is 16.5. The smallest absolute Gasteiger partial charge is 0.344 e. The van der Waals surface area contributed by atoms with Gasteiger partial charge in [-0.3, -0.25) is 4.79 Å². The van der Waals surface area contributed by atoms with Crippen LogP contribution in [-0.4, -0.2) is 42.1 Å². The number of rotatable bonds is 6. The van der Waals surface area contributed by atoms with Gasteiger partial charge in [-0.25, -0.2) is 4.79 Å². The number of benzene rings is 2. The first-order valence-corrected chi connectivity index (χ1v) is 9.80. The Kier molecular flexibility index (Phi) is 6.69. The molecule has 1 heterocycles. The van der Waals surface area contributed by atoms with Crippen LogP contribution >= 0.6 is 0 Å². The Morgan fingerprint density at radius 2 is 1.57 bits per heavy atom. The summed E-state index contributed by atoms with van der Waals surface area (Å²) >= 11 is 0. The first-order chi connectivity index (χ1) is 13.6. The summed E-state index contributed by atoms with van der Waals surface area (Å²) < 4.78 is 10.8. The standard InChI is InChI=1S/C23H27NO4/c1-17-9-8-10-18(2)24(17)22(25)15-28-23(26)16-27-21-14-7-6-13-20(21)19-11-4-3-5-12-19/h3-7,11-14,17-18H,8-10,15-16H2,1-2H3. The second-order valence-electron chi connectivity index (χ2n) is 7.24. The van der Waals surface area contributed by atoms with Gasteiger partial charge in [0.15, 0.2) is 13.2 Å². The van der Waals surface area contributed by atoms with Gasteiger partial charge in [-0.05, 0) is 44.7 Å². The van der Waals surface area contributed by atoms with Crippen LogP contribution in [0.1, 0.15) is 33.1 Å². The van der Waals surface area contributed by atoms with Crippen LogP contribution in [0, 0.1) is 0 Å². The molecule has 2 atom stereocenters. The second kappa shape index (κ2) is 9.40. The van der Waals surface area contributed by atoms with E-state index in [2.05, 4.69) is 0 Å². The minimum Gasteiger partial charge on any atom is -0.481 e. The van der Waals surface area contributed by atoms with E-state index >= 15 is 0 Å². The number of ether oxygens (including phenoxy) is 2. The number of hydrogen-bond donors (Lipinski definition) is 0. The van der Waals surface area contributed by atoms with E-state index in [0.717, 1.165) is 30.4 Å². The Balaban J connectivity index is 1.53. The van der Waals surface area contributed by atoms with Gasteiger partial charge < -0.3 is 14.4 Å². The summed E-state index contributed by atoms with van der Waals surface area (Å²) in [5.41, 5.74) is 1.91. The number of esters is 1. The molecule has 0 bridgehead atoms. The van der Waals surface area contributed by atoms with Gasteiger partial charge in [0.2, 0.25) is 0 Å². The lowest BCUT2D eigenvalue weighted by molar-refractivity contribution is -0.156. The highest BCUT2D eigenvalue weighted by atomic mass is 16.6. The molecular formula is C23H27NO4. The Bertz CT molecular complexity index is 795. The fraction of sp³-hybridized carbons (Fsp3) is 0.391. The topological polar surface area (TPSA) is 55.8 Å². The SMILES string of the molecule is CC1CCCC(C)N1C(=O)COC(=O)COc1ccccc1-c1ccccc1. The van der Waals surface area contributed by atoms with Crippen LogP contribution in [-0.2, 0) is 14.3 Å². The molecule has 1 amide bonds. The van der Waals surface area contributed by atoms with E-state index in [1.807, 2.05) is 73.3 Å². The molecule has 1 aliphatic rings. The average Bonchev–Trinajstić information content (AvgIpc) is 2.71. The van der Waals surface area contributed by atoms with Gasteiger partial charge in [-0.15, -0.1) is 0 Å². The number of likely N-dealkylation sites (tertiary alicyclic amines) is 1. The quantitative estimate of drug-likeness (QED) is 0.708. The van der Waals surface area contributed by atoms with E-state index in [9.17, 15) is 9.59 Å². The van der Waals surface area contributed by atoms with Crippen molar-refractivity contribution in [2.45, 2.75) is 45.2 Å². The maximum atomic E-state index is 12.4. The third kappa shape index (κ3) is 4.91. The van der Waals surface area contributed by atoms with Crippen LogP contribution in [0.25, 0.3) is 11.1 Å². The number of carbonyl (C=O) groups excluding carboxylic acids is 2. The van der Waals surface area contributed by atoms with Crippen molar-refractivity contribution in [2.24, 2.45) is 0 Å². The Hall–Kier alpha value is -2.82. The fourth-order valence-corrected chi connectivity index (χ4v) is 3.76. The maximum absolute atomic E-state index is 12.4. The summed E-state index contributed by atoms with van der Waals surface area (Å²) in [6.45, 7) is 3.61. The molecule has 1 aliphatic heterocycles. The molecule has 0 aliphatic carbocycles. The first kappa shape index (κ1) is 19.9. The van der Waals surface area contributed by atoms with Crippen LogP contribution in [0.2, 0.25) is 0 Å². The number of para-hydroxylation sites is 1. The summed E-state index contributed by atoms with van der Waals surface area (Å²) in [5, 5.41) is 0. The fourth-order valence-electron chi connectivity index (χ4n) is 3.76. The number of piperidine rings is 1. The second-order valence-corrected chi connectivity index (χ2v) is 7.24. The van der Waals surface area contributed by atoms with Crippen LogP contribution in [0.3, 0.4) is 0 Å². The third-order valence-corrected chi connectivity index (χ3v) is 5.16. The van der Waals surface area contributed by atoms with E-state index in [1.54, 1.807) is 0 Å². The normalized spacial score (nSPS) is 19.1.